The Morgan fingerprint density at radius 2 is 1.05 bits per heavy atom. The minimum absolute atomic E-state index is 0.592. The van der Waals surface area contributed by atoms with Crippen LogP contribution in [0.4, 0.5) is 4.79 Å². The van der Waals surface area contributed by atoms with Gasteiger partial charge in [-0.15, -0.1) is 0 Å². The topological polar surface area (TPSA) is 87.4 Å². The summed E-state index contributed by atoms with van der Waals surface area (Å²) >= 11 is 0. The lowest BCUT2D eigenvalue weighted by Crippen LogP contribution is -2.22. The Morgan fingerprint density at radius 1 is 0.700 bits per heavy atom. The van der Waals surface area contributed by atoms with Crippen molar-refractivity contribution in [3.63, 3.8) is 0 Å². The molecular formula is C15H33N3O2. The minimum atomic E-state index is -0.913. The van der Waals surface area contributed by atoms with Crippen molar-refractivity contribution in [1.29, 1.82) is 0 Å². The second kappa shape index (κ2) is 16.2. The zero-order valence-electron chi connectivity index (χ0n) is 12.8. The van der Waals surface area contributed by atoms with Crippen molar-refractivity contribution in [2.24, 2.45) is 5.84 Å². The molecule has 0 bridgehead atoms. The smallest absolute Gasteiger partial charge is 0.404 e. The van der Waals surface area contributed by atoms with E-state index >= 15 is 0 Å². The van der Waals surface area contributed by atoms with Crippen molar-refractivity contribution in [2.45, 2.75) is 77.0 Å². The molecule has 0 aromatic rings. The number of unbranched alkanes of at least 4 members (excludes halogenated alkanes) is 11. The minimum Gasteiger partial charge on any atom is -0.465 e. The normalized spacial score (nSPS) is 10.7. The number of amides is 1. The molecule has 120 valence electrons. The van der Waals surface area contributed by atoms with Gasteiger partial charge in [0.15, 0.2) is 0 Å². The van der Waals surface area contributed by atoms with Crippen LogP contribution in [0.1, 0.15) is 77.0 Å². The van der Waals surface area contributed by atoms with Gasteiger partial charge in [0.05, 0.1) is 0 Å². The van der Waals surface area contributed by atoms with Crippen LogP contribution in [0.2, 0.25) is 0 Å². The van der Waals surface area contributed by atoms with Crippen LogP contribution in [0.5, 0.6) is 0 Å². The highest BCUT2D eigenvalue weighted by molar-refractivity contribution is 5.64. The first-order chi connectivity index (χ1) is 9.77. The van der Waals surface area contributed by atoms with E-state index < -0.39 is 6.09 Å². The molecule has 0 rings (SSSR count). The lowest BCUT2D eigenvalue weighted by Gasteiger charge is -2.03. The summed E-state index contributed by atoms with van der Waals surface area (Å²) in [6, 6.07) is 0. The second-order valence-electron chi connectivity index (χ2n) is 5.43. The molecule has 5 heteroatoms. The summed E-state index contributed by atoms with van der Waals surface area (Å²) in [6.07, 6.45) is 14.2. The molecule has 0 spiro atoms. The van der Waals surface area contributed by atoms with Crippen LogP contribution in [0.3, 0.4) is 0 Å². The molecule has 0 aliphatic rings. The number of nitrogens with one attached hydrogen (secondary N) is 2. The number of carbonyl (C=O) groups is 1. The van der Waals surface area contributed by atoms with E-state index in [4.69, 9.17) is 10.9 Å². The molecule has 0 radical (unpaired) electrons. The second-order valence-corrected chi connectivity index (χ2v) is 5.43. The van der Waals surface area contributed by atoms with E-state index in [1.54, 1.807) is 0 Å². The summed E-state index contributed by atoms with van der Waals surface area (Å²) in [5.74, 6) is 5.21. The Kier molecular flexibility index (Phi) is 15.6. The lowest BCUT2D eigenvalue weighted by atomic mass is 10.1. The van der Waals surface area contributed by atoms with E-state index in [9.17, 15) is 4.79 Å². The highest BCUT2D eigenvalue weighted by atomic mass is 16.4. The van der Waals surface area contributed by atoms with E-state index in [0.717, 1.165) is 19.4 Å². The molecule has 5 N–H and O–H groups in total. The Balaban J connectivity index is 2.94. The molecular weight excluding hydrogens is 254 g/mol. The summed E-state index contributed by atoms with van der Waals surface area (Å²) < 4.78 is 0. The monoisotopic (exact) mass is 287 g/mol. The highest BCUT2D eigenvalue weighted by Gasteiger charge is 1.95. The van der Waals surface area contributed by atoms with Crippen LogP contribution in [-0.4, -0.2) is 24.3 Å². The summed E-state index contributed by atoms with van der Waals surface area (Å²) in [6.45, 7) is 1.52. The number of carboxylic acid groups (broad SMARTS) is 1. The van der Waals surface area contributed by atoms with Crippen molar-refractivity contribution >= 4 is 6.09 Å². The Bertz CT molecular complexity index is 213. The molecule has 0 aliphatic heterocycles. The van der Waals surface area contributed by atoms with Crippen molar-refractivity contribution < 1.29 is 9.90 Å². The third-order valence-electron chi connectivity index (χ3n) is 3.52. The molecule has 0 fully saturated rings. The Hall–Kier alpha value is -0.810. The van der Waals surface area contributed by atoms with E-state index in [0.29, 0.717) is 6.54 Å². The standard InChI is InChI=1S/C15H33N3O2/c16-18-14-12-10-8-6-4-2-1-3-5-7-9-11-13-17-15(19)20/h17-18H,1-14,16H2,(H,19,20). The molecule has 0 saturated carbocycles. The van der Waals surface area contributed by atoms with Gasteiger partial charge >= 0.3 is 6.09 Å². The number of nitrogens with two attached hydrogens (primary N) is 1. The number of hydrogen-bond donors (Lipinski definition) is 4. The largest absolute Gasteiger partial charge is 0.465 e. The van der Waals surface area contributed by atoms with Gasteiger partial charge in [-0.1, -0.05) is 64.2 Å². The van der Waals surface area contributed by atoms with Gasteiger partial charge in [0.2, 0.25) is 0 Å². The van der Waals surface area contributed by atoms with Crippen molar-refractivity contribution in [2.75, 3.05) is 13.1 Å². The van der Waals surface area contributed by atoms with Crippen molar-refractivity contribution in [3.05, 3.63) is 0 Å². The molecule has 0 atom stereocenters. The van der Waals surface area contributed by atoms with Gasteiger partial charge in [0, 0.05) is 13.1 Å². The lowest BCUT2D eigenvalue weighted by molar-refractivity contribution is 0.194. The third kappa shape index (κ3) is 17.2. The van der Waals surface area contributed by atoms with Crippen LogP contribution in [0, 0.1) is 0 Å². The average molecular weight is 287 g/mol. The van der Waals surface area contributed by atoms with Crippen LogP contribution in [-0.2, 0) is 0 Å². The van der Waals surface area contributed by atoms with Crippen molar-refractivity contribution in [1.82, 2.24) is 10.7 Å². The highest BCUT2D eigenvalue weighted by Crippen LogP contribution is 2.11. The van der Waals surface area contributed by atoms with E-state index in [2.05, 4.69) is 10.7 Å². The molecule has 0 aromatic carbocycles. The number of rotatable bonds is 15. The van der Waals surface area contributed by atoms with Crippen LogP contribution in [0.25, 0.3) is 0 Å². The summed E-state index contributed by atoms with van der Waals surface area (Å²) in [5.41, 5.74) is 2.68. The maximum atomic E-state index is 10.2. The first-order valence-electron chi connectivity index (χ1n) is 8.17. The predicted molar refractivity (Wildman–Crippen MR) is 83.6 cm³/mol. The van der Waals surface area contributed by atoms with Crippen LogP contribution in [0.15, 0.2) is 0 Å². The first-order valence-corrected chi connectivity index (χ1v) is 8.17. The maximum absolute atomic E-state index is 10.2. The third-order valence-corrected chi connectivity index (χ3v) is 3.52. The van der Waals surface area contributed by atoms with Gasteiger partial charge in [-0.05, 0) is 12.8 Å². The summed E-state index contributed by atoms with van der Waals surface area (Å²) in [5, 5.41) is 10.8. The molecule has 0 aromatic heterocycles. The summed E-state index contributed by atoms with van der Waals surface area (Å²) in [4.78, 5) is 10.2. The molecule has 0 unspecified atom stereocenters. The van der Waals surface area contributed by atoms with Crippen LogP contribution >= 0.6 is 0 Å². The SMILES string of the molecule is NNCCCCCCCCCCCCCCNC(=O)O. The zero-order chi connectivity index (χ0) is 14.9. The Morgan fingerprint density at radius 3 is 1.40 bits per heavy atom. The molecule has 0 heterocycles. The number of hydrazine groups is 1. The molecule has 5 nitrogen and oxygen atoms in total. The fourth-order valence-corrected chi connectivity index (χ4v) is 2.32. The molecule has 20 heavy (non-hydrogen) atoms. The predicted octanol–water partition coefficient (Wildman–Crippen LogP) is 3.40. The van der Waals surface area contributed by atoms with Gasteiger partial charge < -0.3 is 10.4 Å². The van der Waals surface area contributed by atoms with Crippen LogP contribution < -0.4 is 16.6 Å². The fraction of sp³-hybridized carbons (Fsp3) is 0.933. The Labute approximate surface area is 123 Å². The summed E-state index contributed by atoms with van der Waals surface area (Å²) in [7, 11) is 0. The first kappa shape index (κ1) is 19.2. The van der Waals surface area contributed by atoms with E-state index in [1.165, 1.54) is 64.2 Å². The van der Waals surface area contributed by atoms with E-state index in [-0.39, 0.29) is 0 Å². The number of hydrogen-bond acceptors (Lipinski definition) is 3. The van der Waals surface area contributed by atoms with Gasteiger partial charge in [-0.25, -0.2) is 4.79 Å². The molecule has 1 amide bonds. The fourth-order valence-electron chi connectivity index (χ4n) is 2.32. The van der Waals surface area contributed by atoms with Gasteiger partial charge in [-0.3, -0.25) is 11.3 Å². The zero-order valence-corrected chi connectivity index (χ0v) is 12.8. The van der Waals surface area contributed by atoms with E-state index in [1.807, 2.05) is 0 Å². The average Bonchev–Trinajstić information content (AvgIpc) is 2.43. The van der Waals surface area contributed by atoms with Crippen molar-refractivity contribution in [3.8, 4) is 0 Å². The molecule has 0 aliphatic carbocycles. The quantitative estimate of drug-likeness (QED) is 0.211. The van der Waals surface area contributed by atoms with Gasteiger partial charge in [0.1, 0.15) is 0 Å². The van der Waals surface area contributed by atoms with Gasteiger partial charge in [0.25, 0.3) is 0 Å². The molecule has 0 saturated heterocycles. The maximum Gasteiger partial charge on any atom is 0.404 e. The van der Waals surface area contributed by atoms with Gasteiger partial charge in [-0.2, -0.15) is 0 Å².